The maximum absolute atomic E-state index is 13.8. The zero-order chi connectivity index (χ0) is 51.0. The third-order valence-corrected chi connectivity index (χ3v) is 15.0. The highest BCUT2D eigenvalue weighted by Crippen LogP contribution is 2.35. The number of fused-ring (bicyclic) bond motifs is 1. The Morgan fingerprint density at radius 2 is 1.03 bits per heavy atom. The predicted molar refractivity (Wildman–Crippen MR) is 292 cm³/mol. The van der Waals surface area contributed by atoms with Crippen molar-refractivity contribution in [3.8, 4) is 0 Å². The first-order chi connectivity index (χ1) is 34.0. The number of nitrogens with one attached hydrogen (secondary N) is 1. The zero-order valence-electron chi connectivity index (χ0n) is 45.8. The number of ether oxygens (including phenoxy) is 2. The summed E-state index contributed by atoms with van der Waals surface area (Å²) >= 11 is 1.49. The number of hydrogen-bond acceptors (Lipinski definition) is 9. The number of esters is 2. The molecule has 0 radical (unpaired) electrons. The summed E-state index contributed by atoms with van der Waals surface area (Å²) in [5, 5.41) is 3.11. The van der Waals surface area contributed by atoms with Crippen LogP contribution < -0.4 is 5.32 Å². The molecule has 2 heterocycles. The van der Waals surface area contributed by atoms with Crippen LogP contribution >= 0.6 is 11.3 Å². The maximum Gasteiger partial charge on any atom is 0.306 e. The fourth-order valence-electron chi connectivity index (χ4n) is 9.48. The van der Waals surface area contributed by atoms with Gasteiger partial charge < -0.3 is 24.6 Å². The number of ketones is 1. The first-order valence-electron chi connectivity index (χ1n) is 29.0. The molecule has 1 atom stereocenters. The minimum absolute atomic E-state index is 0.00670. The topological polar surface area (TPSA) is 122 Å². The summed E-state index contributed by atoms with van der Waals surface area (Å²) in [6.07, 6.45) is 38.9. The molecule has 0 spiro atoms. The monoisotopic (exact) mass is 998 g/mol. The summed E-state index contributed by atoms with van der Waals surface area (Å²) in [5.74, 6) is -0.426. The number of amides is 2. The Hall–Kier alpha value is -3.05. The lowest BCUT2D eigenvalue weighted by molar-refractivity contribution is -0.151. The van der Waals surface area contributed by atoms with Gasteiger partial charge in [0.25, 0.3) is 5.91 Å². The molecular formula is C59H103N3O7S. The minimum Gasteiger partial charge on any atom is -0.462 e. The molecule has 1 aromatic heterocycles. The number of thiophene rings is 1. The molecule has 2 amide bonds. The van der Waals surface area contributed by atoms with Gasteiger partial charge in [0, 0.05) is 48.5 Å². The van der Waals surface area contributed by atoms with Gasteiger partial charge in [0.15, 0.2) is 5.78 Å². The van der Waals surface area contributed by atoms with Gasteiger partial charge >= 0.3 is 11.9 Å². The van der Waals surface area contributed by atoms with Crippen LogP contribution in [0.4, 0.5) is 0 Å². The van der Waals surface area contributed by atoms with E-state index in [-0.39, 0.29) is 41.7 Å². The summed E-state index contributed by atoms with van der Waals surface area (Å²) in [6, 6.07) is 0. The average molecular weight is 999 g/mol. The lowest BCUT2D eigenvalue weighted by Gasteiger charge is -2.27. The van der Waals surface area contributed by atoms with E-state index in [1.165, 1.54) is 127 Å². The first kappa shape index (κ1) is 63.1. The standard InChI is InChI=1S/C59H103N3O7S/c1-7-11-15-19-22-26-36-50(35-25-18-14-10-4)68-57(66)41-32-30-39-55(64)62-47-44-52-54(48-62)70-53(58(52)59(67)60-45-33-46-61(5)6)43-42-49(63)34-29-31-40-56(65)69-51(37-27-23-20-16-12-8-2)38-28-24-21-17-13-9-3/h42-43,50-51H,7-41,44-48H2,1-6H3,(H,60,67)/b43-42-. The van der Waals surface area contributed by atoms with Crippen LogP contribution in [-0.2, 0) is 41.6 Å². The third-order valence-electron chi connectivity index (χ3n) is 13.8. The Morgan fingerprint density at radius 1 is 0.586 bits per heavy atom. The van der Waals surface area contributed by atoms with Gasteiger partial charge in [-0.3, -0.25) is 24.0 Å². The lowest BCUT2D eigenvalue weighted by Crippen LogP contribution is -2.36. The molecule has 11 heteroatoms. The van der Waals surface area contributed by atoms with E-state index in [1.54, 1.807) is 12.2 Å². The van der Waals surface area contributed by atoms with Crippen molar-refractivity contribution < 1.29 is 33.4 Å². The summed E-state index contributed by atoms with van der Waals surface area (Å²) in [7, 11) is 4.03. The quantitative estimate of drug-likeness (QED) is 0.0389. The minimum atomic E-state index is -0.154. The van der Waals surface area contributed by atoms with Gasteiger partial charge in [0.05, 0.1) is 12.1 Å². The smallest absolute Gasteiger partial charge is 0.306 e. The van der Waals surface area contributed by atoms with Crippen molar-refractivity contribution in [2.75, 3.05) is 33.7 Å². The van der Waals surface area contributed by atoms with E-state index < -0.39 is 0 Å². The van der Waals surface area contributed by atoms with Gasteiger partial charge in [0.1, 0.15) is 12.2 Å². The number of nitrogens with zero attached hydrogens (tertiary/aromatic N) is 2. The highest BCUT2D eigenvalue weighted by molar-refractivity contribution is 7.13. The van der Waals surface area contributed by atoms with Crippen LogP contribution in [0.15, 0.2) is 6.08 Å². The number of unbranched alkanes of at least 4 members (excludes halogenated alkanes) is 20. The van der Waals surface area contributed by atoms with Crippen molar-refractivity contribution >= 4 is 46.9 Å². The fourth-order valence-corrected chi connectivity index (χ4v) is 10.8. The number of carbonyl (C=O) groups excluding carboxylic acids is 5. The lowest BCUT2D eigenvalue weighted by atomic mass is 10.00. The van der Waals surface area contributed by atoms with E-state index in [0.717, 1.165) is 79.6 Å². The largest absolute Gasteiger partial charge is 0.462 e. The van der Waals surface area contributed by atoms with E-state index in [0.29, 0.717) is 83.0 Å². The summed E-state index contributed by atoms with van der Waals surface area (Å²) in [4.78, 5) is 72.0. The molecule has 70 heavy (non-hydrogen) atoms. The van der Waals surface area contributed by atoms with Gasteiger partial charge in [-0.1, -0.05) is 143 Å². The molecular weight excluding hydrogens is 895 g/mol. The summed E-state index contributed by atoms with van der Waals surface area (Å²) in [6.45, 7) is 11.3. The summed E-state index contributed by atoms with van der Waals surface area (Å²) in [5.41, 5.74) is 1.57. The van der Waals surface area contributed by atoms with Gasteiger partial charge in [-0.25, -0.2) is 0 Å². The molecule has 10 nitrogen and oxygen atoms in total. The van der Waals surface area contributed by atoms with Gasteiger partial charge in [-0.15, -0.1) is 11.3 Å². The third kappa shape index (κ3) is 30.1. The molecule has 0 aliphatic carbocycles. The average Bonchev–Trinajstić information content (AvgIpc) is 3.72. The molecule has 0 saturated heterocycles. The van der Waals surface area contributed by atoms with Gasteiger partial charge in [-0.05, 0) is 128 Å². The normalized spacial score (nSPS) is 13.1. The van der Waals surface area contributed by atoms with Gasteiger partial charge in [-0.2, -0.15) is 0 Å². The molecule has 402 valence electrons. The van der Waals surface area contributed by atoms with Crippen molar-refractivity contribution in [2.24, 2.45) is 0 Å². The molecule has 1 aliphatic heterocycles. The van der Waals surface area contributed by atoms with E-state index in [1.807, 2.05) is 19.0 Å². The van der Waals surface area contributed by atoms with E-state index in [9.17, 15) is 24.0 Å². The van der Waals surface area contributed by atoms with Crippen LogP contribution in [0.1, 0.15) is 278 Å². The molecule has 0 bridgehead atoms. The van der Waals surface area contributed by atoms with Crippen molar-refractivity contribution in [1.29, 1.82) is 0 Å². The number of carbonyl (C=O) groups is 5. The van der Waals surface area contributed by atoms with Crippen molar-refractivity contribution in [3.63, 3.8) is 0 Å². The predicted octanol–water partition coefficient (Wildman–Crippen LogP) is 15.1. The van der Waals surface area contributed by atoms with Crippen LogP contribution in [0.25, 0.3) is 6.08 Å². The first-order valence-corrected chi connectivity index (χ1v) is 29.8. The molecule has 1 N–H and O–H groups in total. The molecule has 1 aliphatic rings. The van der Waals surface area contributed by atoms with Crippen LogP contribution in [-0.4, -0.2) is 85.3 Å². The molecule has 1 unspecified atom stereocenters. The Bertz CT molecular complexity index is 1570. The SMILES string of the molecule is CCCCCCCCC(CCCCCCCC)OC(=O)CCCCC(=O)/C=C\c1sc2c(c1C(=O)NCCCN(C)C)CCN(C(=O)CCCCC(=O)OC(CCCCCC)CCCCCCCC)C2. The van der Waals surface area contributed by atoms with E-state index in [2.05, 4.69) is 37.9 Å². The number of rotatable bonds is 45. The molecule has 0 saturated carbocycles. The second kappa shape index (κ2) is 41.4. The number of allylic oxidation sites excluding steroid dienone is 1. The van der Waals surface area contributed by atoms with Crippen LogP contribution in [0.2, 0.25) is 0 Å². The Labute approximate surface area is 432 Å². The summed E-state index contributed by atoms with van der Waals surface area (Å²) < 4.78 is 12.0. The van der Waals surface area contributed by atoms with E-state index >= 15 is 0 Å². The molecule has 2 rings (SSSR count). The van der Waals surface area contributed by atoms with Gasteiger partial charge in [0.2, 0.25) is 5.91 Å². The highest BCUT2D eigenvalue weighted by atomic mass is 32.1. The fraction of sp³-hybridized carbons (Fsp3) is 0.814. The van der Waals surface area contributed by atoms with Crippen molar-refractivity contribution in [1.82, 2.24) is 15.1 Å². The molecule has 0 fully saturated rings. The Morgan fingerprint density at radius 3 is 1.51 bits per heavy atom. The molecule has 0 aromatic carbocycles. The molecule has 1 aromatic rings. The van der Waals surface area contributed by atoms with E-state index in [4.69, 9.17) is 9.47 Å². The Balaban J connectivity index is 1.95. The van der Waals surface area contributed by atoms with Crippen molar-refractivity contribution in [2.45, 2.75) is 278 Å². The van der Waals surface area contributed by atoms with Crippen LogP contribution in [0.5, 0.6) is 0 Å². The highest BCUT2D eigenvalue weighted by Gasteiger charge is 2.29. The number of hydrogen-bond donors (Lipinski definition) is 1. The van der Waals surface area contributed by atoms with Crippen LogP contribution in [0.3, 0.4) is 0 Å². The second-order valence-electron chi connectivity index (χ2n) is 20.7. The maximum atomic E-state index is 13.8. The second-order valence-corrected chi connectivity index (χ2v) is 21.8. The Kier molecular flexibility index (Phi) is 37.3. The van der Waals surface area contributed by atoms with Crippen LogP contribution in [0, 0.1) is 0 Å². The zero-order valence-corrected chi connectivity index (χ0v) is 46.6. The van der Waals surface area contributed by atoms with Crippen molar-refractivity contribution in [3.05, 3.63) is 27.0 Å².